The van der Waals surface area contributed by atoms with E-state index in [4.69, 9.17) is 0 Å². The Morgan fingerprint density at radius 3 is 2.18 bits per heavy atom. The summed E-state index contributed by atoms with van der Waals surface area (Å²) in [6.45, 7) is 8.59. The molecular formula is C10H15N. The standard InChI is InChI=1S/C10H15N/c1-8-5-6-9(7-11-8)10(2,3)4/h5-7H,1-4H3. The molecule has 0 fully saturated rings. The van der Waals surface area contributed by atoms with Crippen LogP contribution in [-0.4, -0.2) is 4.98 Å². The van der Waals surface area contributed by atoms with E-state index in [1.807, 2.05) is 13.1 Å². The molecule has 0 unspecified atom stereocenters. The van der Waals surface area contributed by atoms with Crippen LogP contribution in [0, 0.1) is 6.92 Å². The van der Waals surface area contributed by atoms with E-state index in [1.54, 1.807) is 0 Å². The van der Waals surface area contributed by atoms with Crippen molar-refractivity contribution in [2.24, 2.45) is 0 Å². The zero-order chi connectivity index (χ0) is 8.48. The van der Waals surface area contributed by atoms with E-state index in [9.17, 15) is 0 Å². The second-order valence-electron chi connectivity index (χ2n) is 3.94. The molecule has 0 aliphatic rings. The molecule has 0 aromatic carbocycles. The predicted octanol–water partition coefficient (Wildman–Crippen LogP) is 2.69. The quantitative estimate of drug-likeness (QED) is 0.552. The van der Waals surface area contributed by atoms with Gasteiger partial charge in [-0.2, -0.15) is 0 Å². The van der Waals surface area contributed by atoms with Crippen molar-refractivity contribution in [1.29, 1.82) is 0 Å². The summed E-state index contributed by atoms with van der Waals surface area (Å²) in [5.74, 6) is 0. The zero-order valence-corrected chi connectivity index (χ0v) is 7.68. The van der Waals surface area contributed by atoms with Crippen molar-refractivity contribution in [2.45, 2.75) is 33.1 Å². The highest BCUT2D eigenvalue weighted by Crippen LogP contribution is 2.20. The van der Waals surface area contributed by atoms with Crippen molar-refractivity contribution < 1.29 is 0 Å². The first kappa shape index (κ1) is 8.25. The normalized spacial score (nSPS) is 11.6. The molecule has 1 aromatic rings. The second kappa shape index (κ2) is 2.65. The first-order valence-corrected chi connectivity index (χ1v) is 3.93. The molecule has 1 nitrogen and oxygen atoms in total. The van der Waals surface area contributed by atoms with Crippen LogP contribution in [0.2, 0.25) is 0 Å². The summed E-state index contributed by atoms with van der Waals surface area (Å²) in [4.78, 5) is 4.25. The van der Waals surface area contributed by atoms with Crippen LogP contribution < -0.4 is 0 Å². The van der Waals surface area contributed by atoms with E-state index in [-0.39, 0.29) is 5.41 Å². The van der Waals surface area contributed by atoms with Crippen molar-refractivity contribution >= 4 is 0 Å². The summed E-state index contributed by atoms with van der Waals surface area (Å²) in [5, 5.41) is 0. The fraction of sp³-hybridized carbons (Fsp3) is 0.500. The first-order chi connectivity index (χ1) is 5.00. The van der Waals surface area contributed by atoms with Gasteiger partial charge in [-0.05, 0) is 24.0 Å². The molecule has 1 aromatic heterocycles. The third-order valence-electron chi connectivity index (χ3n) is 1.78. The van der Waals surface area contributed by atoms with Crippen molar-refractivity contribution in [2.75, 3.05) is 0 Å². The molecule has 0 radical (unpaired) electrons. The van der Waals surface area contributed by atoms with Gasteiger partial charge in [0.25, 0.3) is 0 Å². The summed E-state index contributed by atoms with van der Waals surface area (Å²) in [6.07, 6.45) is 1.95. The number of aromatic nitrogens is 1. The van der Waals surface area contributed by atoms with Gasteiger partial charge in [0.1, 0.15) is 0 Å². The molecule has 60 valence electrons. The van der Waals surface area contributed by atoms with Crippen LogP contribution in [0.3, 0.4) is 0 Å². The van der Waals surface area contributed by atoms with Gasteiger partial charge in [0, 0.05) is 11.9 Å². The molecule has 0 spiro atoms. The third-order valence-corrected chi connectivity index (χ3v) is 1.78. The maximum atomic E-state index is 4.25. The van der Waals surface area contributed by atoms with E-state index in [2.05, 4.69) is 37.9 Å². The molecule has 0 aliphatic heterocycles. The Morgan fingerprint density at radius 2 is 1.82 bits per heavy atom. The molecule has 0 bridgehead atoms. The predicted molar refractivity (Wildman–Crippen MR) is 47.7 cm³/mol. The van der Waals surface area contributed by atoms with Gasteiger partial charge < -0.3 is 0 Å². The van der Waals surface area contributed by atoms with Gasteiger partial charge in [-0.25, -0.2) is 0 Å². The molecule has 0 saturated carbocycles. The Hall–Kier alpha value is -0.850. The zero-order valence-electron chi connectivity index (χ0n) is 7.68. The third kappa shape index (κ3) is 2.04. The molecule has 11 heavy (non-hydrogen) atoms. The average Bonchev–Trinajstić information content (AvgIpc) is 1.86. The van der Waals surface area contributed by atoms with Crippen molar-refractivity contribution in [3.63, 3.8) is 0 Å². The fourth-order valence-electron chi connectivity index (χ4n) is 0.911. The highest BCUT2D eigenvalue weighted by molar-refractivity contribution is 5.20. The van der Waals surface area contributed by atoms with Gasteiger partial charge in [0.15, 0.2) is 0 Å². The lowest BCUT2D eigenvalue weighted by atomic mass is 9.88. The van der Waals surface area contributed by atoms with E-state index in [1.165, 1.54) is 5.56 Å². The molecular weight excluding hydrogens is 134 g/mol. The van der Waals surface area contributed by atoms with Gasteiger partial charge in [0.05, 0.1) is 0 Å². The lowest BCUT2D eigenvalue weighted by Crippen LogP contribution is -2.11. The Labute approximate surface area is 68.5 Å². The first-order valence-electron chi connectivity index (χ1n) is 3.93. The summed E-state index contributed by atoms with van der Waals surface area (Å²) < 4.78 is 0. The number of pyridine rings is 1. The fourth-order valence-corrected chi connectivity index (χ4v) is 0.911. The van der Waals surface area contributed by atoms with Crippen LogP contribution in [-0.2, 0) is 5.41 Å². The van der Waals surface area contributed by atoms with Crippen LogP contribution in [0.15, 0.2) is 18.3 Å². The minimum absolute atomic E-state index is 0.223. The second-order valence-corrected chi connectivity index (χ2v) is 3.94. The van der Waals surface area contributed by atoms with Crippen LogP contribution in [0.25, 0.3) is 0 Å². The Bertz CT molecular complexity index is 228. The maximum Gasteiger partial charge on any atom is 0.0372 e. The van der Waals surface area contributed by atoms with Crippen LogP contribution in [0.1, 0.15) is 32.0 Å². The molecule has 0 saturated heterocycles. The van der Waals surface area contributed by atoms with Crippen LogP contribution in [0.4, 0.5) is 0 Å². The maximum absolute atomic E-state index is 4.25. The molecule has 0 aliphatic carbocycles. The minimum Gasteiger partial charge on any atom is -0.261 e. The molecule has 1 heteroatoms. The number of hydrogen-bond donors (Lipinski definition) is 0. The molecule has 1 heterocycles. The van der Waals surface area contributed by atoms with E-state index < -0.39 is 0 Å². The Morgan fingerprint density at radius 1 is 1.18 bits per heavy atom. The van der Waals surface area contributed by atoms with E-state index in [0.717, 1.165) is 5.69 Å². The van der Waals surface area contributed by atoms with Gasteiger partial charge in [0.2, 0.25) is 0 Å². The average molecular weight is 149 g/mol. The Kier molecular flexibility index (Phi) is 1.99. The van der Waals surface area contributed by atoms with Crippen LogP contribution in [0.5, 0.6) is 0 Å². The molecule has 1 rings (SSSR count). The van der Waals surface area contributed by atoms with Crippen molar-refractivity contribution in [3.8, 4) is 0 Å². The molecule has 0 N–H and O–H groups in total. The lowest BCUT2D eigenvalue weighted by Gasteiger charge is -2.17. The monoisotopic (exact) mass is 149 g/mol. The smallest absolute Gasteiger partial charge is 0.0372 e. The number of rotatable bonds is 0. The summed E-state index contributed by atoms with van der Waals surface area (Å²) >= 11 is 0. The topological polar surface area (TPSA) is 12.9 Å². The lowest BCUT2D eigenvalue weighted by molar-refractivity contribution is 0.587. The highest BCUT2D eigenvalue weighted by atomic mass is 14.7. The van der Waals surface area contributed by atoms with Crippen LogP contribution >= 0.6 is 0 Å². The molecule has 0 atom stereocenters. The Balaban J connectivity index is 2.99. The number of aryl methyl sites for hydroxylation is 1. The number of nitrogens with zero attached hydrogens (tertiary/aromatic N) is 1. The van der Waals surface area contributed by atoms with E-state index >= 15 is 0 Å². The van der Waals surface area contributed by atoms with Gasteiger partial charge >= 0.3 is 0 Å². The number of hydrogen-bond acceptors (Lipinski definition) is 1. The summed E-state index contributed by atoms with van der Waals surface area (Å²) in [7, 11) is 0. The summed E-state index contributed by atoms with van der Waals surface area (Å²) in [5.41, 5.74) is 2.60. The minimum atomic E-state index is 0.223. The van der Waals surface area contributed by atoms with Crippen molar-refractivity contribution in [1.82, 2.24) is 4.98 Å². The van der Waals surface area contributed by atoms with Gasteiger partial charge in [-0.3, -0.25) is 4.98 Å². The largest absolute Gasteiger partial charge is 0.261 e. The molecule has 0 amide bonds. The summed E-state index contributed by atoms with van der Waals surface area (Å²) in [6, 6.07) is 4.20. The van der Waals surface area contributed by atoms with Crippen molar-refractivity contribution in [3.05, 3.63) is 29.6 Å². The van der Waals surface area contributed by atoms with Gasteiger partial charge in [-0.15, -0.1) is 0 Å². The SMILES string of the molecule is Cc1ccc(C(C)(C)C)cn1. The van der Waals surface area contributed by atoms with Gasteiger partial charge in [-0.1, -0.05) is 26.8 Å². The highest BCUT2D eigenvalue weighted by Gasteiger charge is 2.12. The van der Waals surface area contributed by atoms with E-state index in [0.29, 0.717) is 0 Å².